The van der Waals surface area contributed by atoms with Crippen LogP contribution >= 0.6 is 0 Å². The largest absolute Gasteiger partial charge is 0.486 e. The van der Waals surface area contributed by atoms with Crippen molar-refractivity contribution in [3.63, 3.8) is 0 Å². The van der Waals surface area contributed by atoms with Crippen molar-refractivity contribution in [2.75, 3.05) is 40.0 Å². The van der Waals surface area contributed by atoms with Crippen LogP contribution in [0.25, 0.3) is 0 Å². The topological polar surface area (TPSA) is 60.0 Å². The van der Waals surface area contributed by atoms with Crippen LogP contribution in [0.15, 0.2) is 18.2 Å². The van der Waals surface area contributed by atoms with Gasteiger partial charge in [-0.25, -0.2) is 0 Å². The zero-order valence-electron chi connectivity index (χ0n) is 18.7. The minimum absolute atomic E-state index is 0.0983. The van der Waals surface area contributed by atoms with Crippen LogP contribution in [0.4, 0.5) is 0 Å². The number of likely N-dealkylation sites (tertiary alicyclic amines) is 1. The Morgan fingerprint density at radius 1 is 1.10 bits per heavy atom. The molecule has 1 aromatic rings. The molecule has 2 aliphatic heterocycles. The van der Waals surface area contributed by atoms with E-state index < -0.39 is 0 Å². The maximum Gasteiger partial charge on any atom is 0.220 e. The van der Waals surface area contributed by atoms with Gasteiger partial charge in [-0.2, -0.15) is 0 Å². The van der Waals surface area contributed by atoms with Gasteiger partial charge in [0, 0.05) is 20.1 Å². The molecule has 0 aromatic heterocycles. The monoisotopic (exact) mass is 418 g/mol. The predicted molar refractivity (Wildman–Crippen MR) is 118 cm³/mol. The number of hydrogen-bond acceptors (Lipinski definition) is 5. The summed E-state index contributed by atoms with van der Waals surface area (Å²) in [5, 5.41) is 3.29. The Morgan fingerprint density at radius 3 is 2.57 bits per heavy atom. The first-order chi connectivity index (χ1) is 14.7. The van der Waals surface area contributed by atoms with Gasteiger partial charge in [-0.1, -0.05) is 38.7 Å². The number of nitrogens with one attached hydrogen (secondary N) is 1. The fourth-order valence-corrected chi connectivity index (χ4v) is 4.40. The van der Waals surface area contributed by atoms with Gasteiger partial charge in [0.05, 0.1) is 6.04 Å². The first-order valence-corrected chi connectivity index (χ1v) is 11.6. The molecule has 0 unspecified atom stereocenters. The highest BCUT2D eigenvalue weighted by atomic mass is 16.6. The average molecular weight is 419 g/mol. The first kappa shape index (κ1) is 22.9. The van der Waals surface area contributed by atoms with Gasteiger partial charge in [-0.3, -0.25) is 4.79 Å². The standard InChI is InChI=1S/C24H38N2O4/c1-3-4-5-6-7-10-23(27)25-20(18-26-13-8-9-14-26)24(28-2)19-11-12-21-22(17-19)30-16-15-29-21/h11-12,17,20,24H,3-10,13-16,18H2,1-2H3,(H,25,27)/t20-,24-/m1/s1. The Morgan fingerprint density at radius 2 is 1.83 bits per heavy atom. The summed E-state index contributed by atoms with van der Waals surface area (Å²) in [5.74, 6) is 1.64. The molecule has 3 rings (SSSR count). The summed E-state index contributed by atoms with van der Waals surface area (Å²) >= 11 is 0. The number of amides is 1. The third-order valence-electron chi connectivity index (χ3n) is 6.02. The van der Waals surface area contributed by atoms with Crippen molar-refractivity contribution < 1.29 is 19.0 Å². The van der Waals surface area contributed by atoms with Crippen LogP contribution in [0.2, 0.25) is 0 Å². The number of methoxy groups -OCH3 is 1. The highest BCUT2D eigenvalue weighted by Crippen LogP contribution is 2.34. The Hall–Kier alpha value is -1.79. The van der Waals surface area contributed by atoms with E-state index in [-0.39, 0.29) is 18.1 Å². The lowest BCUT2D eigenvalue weighted by Gasteiger charge is -2.31. The second kappa shape index (κ2) is 12.2. The number of fused-ring (bicyclic) bond motifs is 1. The molecule has 1 aromatic carbocycles. The third kappa shape index (κ3) is 6.61. The van der Waals surface area contributed by atoms with Crippen LogP contribution in [-0.2, 0) is 9.53 Å². The Balaban J connectivity index is 1.66. The van der Waals surface area contributed by atoms with Crippen molar-refractivity contribution in [3.8, 4) is 11.5 Å². The van der Waals surface area contributed by atoms with Crippen LogP contribution in [0, 0.1) is 0 Å². The quantitative estimate of drug-likeness (QED) is 0.518. The van der Waals surface area contributed by atoms with Gasteiger partial charge in [0.1, 0.15) is 19.3 Å². The molecule has 6 heteroatoms. The molecule has 2 heterocycles. The number of benzene rings is 1. The number of rotatable bonds is 12. The minimum atomic E-state index is -0.231. The molecule has 1 saturated heterocycles. The van der Waals surface area contributed by atoms with Gasteiger partial charge in [-0.05, 0) is 50.0 Å². The molecule has 0 aliphatic carbocycles. The Bertz CT molecular complexity index is 661. The average Bonchev–Trinajstić information content (AvgIpc) is 3.27. The molecule has 1 N–H and O–H groups in total. The molecule has 2 aliphatic rings. The van der Waals surface area contributed by atoms with Crippen LogP contribution in [-0.4, -0.2) is 56.8 Å². The van der Waals surface area contributed by atoms with Crippen LogP contribution in [0.5, 0.6) is 11.5 Å². The van der Waals surface area contributed by atoms with E-state index in [4.69, 9.17) is 14.2 Å². The summed E-state index contributed by atoms with van der Waals surface area (Å²) < 4.78 is 17.3. The van der Waals surface area contributed by atoms with Crippen LogP contribution in [0.1, 0.15) is 70.0 Å². The minimum Gasteiger partial charge on any atom is -0.486 e. The summed E-state index contributed by atoms with van der Waals surface area (Å²) in [7, 11) is 1.72. The molecule has 2 atom stereocenters. The maximum absolute atomic E-state index is 12.7. The smallest absolute Gasteiger partial charge is 0.220 e. The summed E-state index contributed by atoms with van der Waals surface area (Å²) in [5.41, 5.74) is 1.01. The molecule has 6 nitrogen and oxygen atoms in total. The molecule has 1 amide bonds. The van der Waals surface area contributed by atoms with Crippen molar-refractivity contribution in [1.82, 2.24) is 10.2 Å². The molecule has 0 radical (unpaired) electrons. The Labute approximate surface area is 181 Å². The second-order valence-corrected chi connectivity index (χ2v) is 8.41. The number of carbonyl (C=O) groups is 1. The Kier molecular flexibility index (Phi) is 9.27. The molecule has 0 spiro atoms. The summed E-state index contributed by atoms with van der Waals surface area (Å²) in [4.78, 5) is 15.1. The lowest BCUT2D eigenvalue weighted by Crippen LogP contribution is -2.47. The molecule has 0 saturated carbocycles. The van der Waals surface area contributed by atoms with E-state index in [1.54, 1.807) is 7.11 Å². The van der Waals surface area contributed by atoms with Crippen molar-refractivity contribution in [2.45, 2.75) is 70.4 Å². The van der Waals surface area contributed by atoms with E-state index in [0.717, 1.165) is 49.5 Å². The van der Waals surface area contributed by atoms with E-state index in [9.17, 15) is 4.79 Å². The second-order valence-electron chi connectivity index (χ2n) is 8.41. The van der Waals surface area contributed by atoms with Crippen LogP contribution < -0.4 is 14.8 Å². The molecular weight excluding hydrogens is 380 g/mol. The highest BCUT2D eigenvalue weighted by molar-refractivity contribution is 5.76. The number of hydrogen-bond donors (Lipinski definition) is 1. The number of unbranched alkanes of at least 4 members (excludes halogenated alkanes) is 4. The lowest BCUT2D eigenvalue weighted by atomic mass is 10.00. The SMILES string of the molecule is CCCCCCCC(=O)N[C@H](CN1CCCC1)[C@H](OC)c1ccc2c(c1)OCCO2. The summed E-state index contributed by atoms with van der Waals surface area (Å²) in [6.07, 6.45) is 8.53. The third-order valence-corrected chi connectivity index (χ3v) is 6.02. The van der Waals surface area contributed by atoms with E-state index in [2.05, 4.69) is 17.1 Å². The normalized spacial score (nSPS) is 18.2. The molecule has 0 bridgehead atoms. The van der Waals surface area contributed by atoms with Crippen LogP contribution in [0.3, 0.4) is 0 Å². The molecule has 168 valence electrons. The highest BCUT2D eigenvalue weighted by Gasteiger charge is 2.29. The number of ether oxygens (including phenoxy) is 3. The van der Waals surface area contributed by atoms with E-state index in [1.807, 2.05) is 18.2 Å². The summed E-state index contributed by atoms with van der Waals surface area (Å²) in [6, 6.07) is 5.86. The van der Waals surface area contributed by atoms with Crippen molar-refractivity contribution >= 4 is 5.91 Å². The van der Waals surface area contributed by atoms with E-state index in [0.29, 0.717) is 19.6 Å². The van der Waals surface area contributed by atoms with Gasteiger partial charge < -0.3 is 24.4 Å². The fraction of sp³-hybridized carbons (Fsp3) is 0.708. The van der Waals surface area contributed by atoms with E-state index in [1.165, 1.54) is 32.1 Å². The molecule has 1 fully saturated rings. The van der Waals surface area contributed by atoms with Gasteiger partial charge in [0.15, 0.2) is 11.5 Å². The molecule has 30 heavy (non-hydrogen) atoms. The van der Waals surface area contributed by atoms with Crippen molar-refractivity contribution in [2.24, 2.45) is 0 Å². The van der Waals surface area contributed by atoms with Crippen molar-refractivity contribution in [3.05, 3.63) is 23.8 Å². The zero-order chi connectivity index (χ0) is 21.2. The zero-order valence-corrected chi connectivity index (χ0v) is 18.7. The van der Waals surface area contributed by atoms with E-state index >= 15 is 0 Å². The van der Waals surface area contributed by atoms with Gasteiger partial charge in [-0.15, -0.1) is 0 Å². The van der Waals surface area contributed by atoms with Gasteiger partial charge >= 0.3 is 0 Å². The first-order valence-electron chi connectivity index (χ1n) is 11.6. The van der Waals surface area contributed by atoms with Crippen molar-refractivity contribution in [1.29, 1.82) is 0 Å². The fourth-order valence-electron chi connectivity index (χ4n) is 4.40. The number of carbonyl (C=O) groups excluding carboxylic acids is 1. The molecular formula is C24H38N2O4. The summed E-state index contributed by atoms with van der Waals surface area (Å²) in [6.45, 7) is 6.31. The lowest BCUT2D eigenvalue weighted by molar-refractivity contribution is -0.123. The predicted octanol–water partition coefficient (Wildman–Crippen LogP) is 4.09. The van der Waals surface area contributed by atoms with Gasteiger partial charge in [0.25, 0.3) is 0 Å². The number of nitrogens with zero attached hydrogens (tertiary/aromatic N) is 1. The van der Waals surface area contributed by atoms with Gasteiger partial charge in [0.2, 0.25) is 5.91 Å². The maximum atomic E-state index is 12.7.